The number of rotatable bonds is 6. The van der Waals surface area contributed by atoms with Crippen LogP contribution in [0.2, 0.25) is 0 Å². The van der Waals surface area contributed by atoms with E-state index in [2.05, 4.69) is 10.2 Å². The fourth-order valence-corrected chi connectivity index (χ4v) is 5.61. The van der Waals surface area contributed by atoms with E-state index in [1.807, 2.05) is 29.2 Å². The van der Waals surface area contributed by atoms with Crippen LogP contribution in [-0.4, -0.2) is 79.2 Å². The first-order valence-electron chi connectivity index (χ1n) is 11.2. The molecule has 31 heavy (non-hydrogen) atoms. The van der Waals surface area contributed by atoms with Crippen LogP contribution in [0.5, 0.6) is 0 Å². The van der Waals surface area contributed by atoms with E-state index >= 15 is 0 Å². The molecule has 0 spiro atoms. The second-order valence-corrected chi connectivity index (χ2v) is 9.26. The van der Waals surface area contributed by atoms with Crippen molar-refractivity contribution in [3.63, 3.8) is 0 Å². The number of likely N-dealkylation sites (tertiary alicyclic amines) is 1. The molecule has 2 saturated heterocycles. The predicted molar refractivity (Wildman–Crippen MR) is 121 cm³/mol. The van der Waals surface area contributed by atoms with Crippen molar-refractivity contribution in [3.05, 3.63) is 34.7 Å². The summed E-state index contributed by atoms with van der Waals surface area (Å²) in [5.41, 5.74) is 0.850. The lowest BCUT2D eigenvalue weighted by atomic mass is 10.0. The highest BCUT2D eigenvalue weighted by Gasteiger charge is 2.31. The molecular weight excluding hydrogens is 414 g/mol. The lowest BCUT2D eigenvalue weighted by Crippen LogP contribution is -2.47. The number of aliphatic hydroxyl groups is 1. The highest BCUT2D eigenvalue weighted by Crippen LogP contribution is 2.38. The van der Waals surface area contributed by atoms with Crippen LogP contribution >= 0.6 is 11.3 Å². The maximum absolute atomic E-state index is 13.0. The van der Waals surface area contributed by atoms with Gasteiger partial charge in [0.2, 0.25) is 5.91 Å². The highest BCUT2D eigenvalue weighted by molar-refractivity contribution is 7.21. The van der Waals surface area contributed by atoms with Crippen molar-refractivity contribution < 1.29 is 19.4 Å². The van der Waals surface area contributed by atoms with E-state index in [1.54, 1.807) is 0 Å². The SMILES string of the molecule is O=C(NCCO)c1sc2ccccc2c1[C@H]1CN(C(=O)CN2CCCCCC2)CCO1. The van der Waals surface area contributed by atoms with Gasteiger partial charge in [0.05, 0.1) is 31.2 Å². The van der Waals surface area contributed by atoms with Crippen molar-refractivity contribution in [2.75, 3.05) is 52.5 Å². The zero-order valence-electron chi connectivity index (χ0n) is 17.8. The van der Waals surface area contributed by atoms with Crippen LogP contribution in [0.25, 0.3) is 10.1 Å². The lowest BCUT2D eigenvalue weighted by molar-refractivity contribution is -0.140. The maximum atomic E-state index is 13.0. The molecule has 0 radical (unpaired) electrons. The van der Waals surface area contributed by atoms with E-state index in [9.17, 15) is 9.59 Å². The minimum atomic E-state index is -0.340. The van der Waals surface area contributed by atoms with Crippen molar-refractivity contribution in [3.8, 4) is 0 Å². The predicted octanol–water partition coefficient (Wildman–Crippen LogP) is 2.40. The van der Waals surface area contributed by atoms with Gasteiger partial charge < -0.3 is 20.1 Å². The summed E-state index contributed by atoms with van der Waals surface area (Å²) in [6.45, 7) is 4.03. The number of morpholine rings is 1. The van der Waals surface area contributed by atoms with Gasteiger partial charge in [0.25, 0.3) is 5.91 Å². The molecule has 0 unspecified atom stereocenters. The summed E-state index contributed by atoms with van der Waals surface area (Å²) in [7, 11) is 0. The third-order valence-electron chi connectivity index (χ3n) is 6.04. The van der Waals surface area contributed by atoms with E-state index in [0.717, 1.165) is 41.6 Å². The van der Waals surface area contributed by atoms with Gasteiger partial charge in [-0.25, -0.2) is 0 Å². The molecule has 1 atom stereocenters. The number of nitrogens with one attached hydrogen (secondary N) is 1. The van der Waals surface area contributed by atoms with Gasteiger partial charge in [0, 0.05) is 23.4 Å². The fraction of sp³-hybridized carbons (Fsp3) is 0.565. The maximum Gasteiger partial charge on any atom is 0.261 e. The number of carbonyl (C=O) groups excluding carboxylic acids is 2. The summed E-state index contributed by atoms with van der Waals surface area (Å²) in [5, 5.41) is 12.8. The van der Waals surface area contributed by atoms with Gasteiger partial charge >= 0.3 is 0 Å². The van der Waals surface area contributed by atoms with Gasteiger partial charge in [0.15, 0.2) is 0 Å². The Kier molecular flexibility index (Phi) is 7.55. The number of aliphatic hydroxyl groups excluding tert-OH is 1. The molecule has 1 aromatic heterocycles. The fourth-order valence-electron chi connectivity index (χ4n) is 4.44. The Morgan fingerprint density at radius 2 is 1.90 bits per heavy atom. The standard InChI is InChI=1S/C23H31N3O4S/c27-13-9-24-23(29)22-21(17-7-3-4-8-19(17)31-22)18-15-26(12-14-30-18)20(28)16-25-10-5-1-2-6-11-25/h3-4,7-8,18,27H,1-2,5-6,9-16H2,(H,24,29)/t18-/m1/s1. The van der Waals surface area contributed by atoms with Gasteiger partial charge in [-0.1, -0.05) is 31.0 Å². The molecule has 2 aliphatic rings. The molecule has 4 rings (SSSR count). The number of hydrogen-bond acceptors (Lipinski definition) is 6. The minimum absolute atomic E-state index is 0.106. The monoisotopic (exact) mass is 445 g/mol. The number of fused-ring (bicyclic) bond motifs is 1. The summed E-state index contributed by atoms with van der Waals surface area (Å²) in [5.74, 6) is -0.0668. The quantitative estimate of drug-likeness (QED) is 0.714. The molecule has 1 aromatic carbocycles. The molecule has 2 N–H and O–H groups in total. The number of ether oxygens (including phenoxy) is 1. The summed E-state index contributed by atoms with van der Waals surface area (Å²) >= 11 is 1.43. The molecule has 2 amide bonds. The average molecular weight is 446 g/mol. The number of thiophene rings is 1. The van der Waals surface area contributed by atoms with Crippen LogP contribution in [0.15, 0.2) is 24.3 Å². The van der Waals surface area contributed by atoms with E-state index < -0.39 is 0 Å². The van der Waals surface area contributed by atoms with Crippen molar-refractivity contribution in [2.45, 2.75) is 31.8 Å². The van der Waals surface area contributed by atoms with Gasteiger partial charge in [0.1, 0.15) is 6.10 Å². The number of benzene rings is 1. The molecule has 168 valence electrons. The largest absolute Gasteiger partial charge is 0.395 e. The van der Waals surface area contributed by atoms with Crippen molar-refractivity contribution in [1.29, 1.82) is 0 Å². The van der Waals surface area contributed by atoms with Crippen LogP contribution in [0.4, 0.5) is 0 Å². The molecule has 2 aromatic rings. The minimum Gasteiger partial charge on any atom is -0.395 e. The molecule has 2 fully saturated rings. The van der Waals surface area contributed by atoms with E-state index in [1.165, 1.54) is 24.2 Å². The Bertz CT molecular complexity index is 907. The zero-order chi connectivity index (χ0) is 21.6. The van der Waals surface area contributed by atoms with Gasteiger partial charge in [-0.2, -0.15) is 0 Å². The molecule has 8 heteroatoms. The lowest BCUT2D eigenvalue weighted by Gasteiger charge is -2.34. The topological polar surface area (TPSA) is 82.1 Å². The van der Waals surface area contributed by atoms with Gasteiger partial charge in [-0.05, 0) is 37.4 Å². The smallest absolute Gasteiger partial charge is 0.261 e. The van der Waals surface area contributed by atoms with E-state index in [-0.39, 0.29) is 31.1 Å². The first-order chi connectivity index (χ1) is 15.2. The van der Waals surface area contributed by atoms with Crippen molar-refractivity contribution in [2.24, 2.45) is 0 Å². The average Bonchev–Trinajstić information content (AvgIpc) is 3.00. The second-order valence-electron chi connectivity index (χ2n) is 8.21. The normalized spacial score (nSPS) is 20.5. The Morgan fingerprint density at radius 3 is 2.68 bits per heavy atom. The second kappa shape index (κ2) is 10.5. The molecule has 7 nitrogen and oxygen atoms in total. The highest BCUT2D eigenvalue weighted by atomic mass is 32.1. The van der Waals surface area contributed by atoms with E-state index in [0.29, 0.717) is 31.1 Å². The molecule has 0 bridgehead atoms. The third kappa shape index (κ3) is 5.26. The van der Waals surface area contributed by atoms with Crippen LogP contribution in [0.3, 0.4) is 0 Å². The summed E-state index contributed by atoms with van der Waals surface area (Å²) in [4.78, 5) is 30.6. The molecule has 0 aliphatic carbocycles. The molecule has 0 saturated carbocycles. The van der Waals surface area contributed by atoms with E-state index in [4.69, 9.17) is 9.84 Å². The summed E-state index contributed by atoms with van der Waals surface area (Å²) < 4.78 is 7.10. The molecule has 3 heterocycles. The first kappa shape index (κ1) is 22.2. The van der Waals surface area contributed by atoms with Gasteiger partial charge in [-0.15, -0.1) is 11.3 Å². The Morgan fingerprint density at radius 1 is 1.13 bits per heavy atom. The zero-order valence-corrected chi connectivity index (χ0v) is 18.7. The van der Waals surface area contributed by atoms with Crippen LogP contribution in [0, 0.1) is 0 Å². The number of hydrogen-bond donors (Lipinski definition) is 2. The van der Waals surface area contributed by atoms with Crippen LogP contribution in [0.1, 0.15) is 47.0 Å². The number of carbonyl (C=O) groups is 2. The molecular formula is C23H31N3O4S. The number of nitrogens with zero attached hydrogens (tertiary/aromatic N) is 2. The summed E-state index contributed by atoms with van der Waals surface area (Å²) in [6.07, 6.45) is 4.47. The Balaban J connectivity index is 1.53. The number of amides is 2. The Labute approximate surface area is 187 Å². The first-order valence-corrected chi connectivity index (χ1v) is 12.0. The van der Waals surface area contributed by atoms with Crippen LogP contribution in [-0.2, 0) is 9.53 Å². The summed E-state index contributed by atoms with van der Waals surface area (Å²) in [6, 6.07) is 7.92. The van der Waals surface area contributed by atoms with Crippen LogP contribution < -0.4 is 5.32 Å². The third-order valence-corrected chi connectivity index (χ3v) is 7.22. The van der Waals surface area contributed by atoms with Crippen molar-refractivity contribution >= 4 is 33.2 Å². The van der Waals surface area contributed by atoms with Crippen molar-refractivity contribution in [1.82, 2.24) is 15.1 Å². The Hall–Kier alpha value is -2.00. The molecule has 2 aliphatic heterocycles. The van der Waals surface area contributed by atoms with Gasteiger partial charge in [-0.3, -0.25) is 14.5 Å².